The van der Waals surface area contributed by atoms with E-state index in [1.807, 2.05) is 0 Å². The van der Waals surface area contributed by atoms with Crippen molar-refractivity contribution in [2.45, 2.75) is 6.92 Å². The summed E-state index contributed by atoms with van der Waals surface area (Å²) in [5, 5.41) is 0.581. The van der Waals surface area contributed by atoms with Crippen LogP contribution in [-0.4, -0.2) is 30.9 Å². The Morgan fingerprint density at radius 2 is 2.09 bits per heavy atom. The number of hydrogen-bond donors (Lipinski definition) is 1. The van der Waals surface area contributed by atoms with Crippen molar-refractivity contribution < 1.29 is 19.2 Å². The quantitative estimate of drug-likeness (QED) is 0.437. The second kappa shape index (κ2) is 4.37. The van der Waals surface area contributed by atoms with E-state index in [4.69, 9.17) is 5.73 Å². The normalized spacial score (nSPS) is 8.55. The molecule has 0 aromatic rings. The van der Waals surface area contributed by atoms with Crippen molar-refractivity contribution >= 4 is 12.2 Å². The topological polar surface area (TPSA) is 81.9 Å². The number of ether oxygens (including phenoxy) is 1. The summed E-state index contributed by atoms with van der Waals surface area (Å²) in [6.45, 7) is 1.80. The Kier molecular flexibility index (Phi) is 3.79. The molecule has 64 valence electrons. The number of carbonyl (C=O) groups excluding carboxylic acids is 2. The summed E-state index contributed by atoms with van der Waals surface area (Å²) in [6.07, 6.45) is -0.950. The van der Waals surface area contributed by atoms with Gasteiger partial charge in [0.05, 0.1) is 13.7 Å². The summed E-state index contributed by atoms with van der Waals surface area (Å²) in [6, 6.07) is -0.863. The molecule has 2 N–H and O–H groups in total. The molecule has 0 saturated heterocycles. The van der Waals surface area contributed by atoms with Gasteiger partial charge in [-0.15, -0.1) is 0 Å². The summed E-state index contributed by atoms with van der Waals surface area (Å²) >= 11 is 0. The number of urea groups is 1. The maximum absolute atomic E-state index is 10.5. The predicted molar refractivity (Wildman–Crippen MR) is 35.5 cm³/mol. The van der Waals surface area contributed by atoms with Gasteiger partial charge in [0, 0.05) is 0 Å². The minimum atomic E-state index is -0.950. The summed E-state index contributed by atoms with van der Waals surface area (Å²) in [4.78, 5) is 25.0. The summed E-state index contributed by atoms with van der Waals surface area (Å²) in [5.74, 6) is 0. The van der Waals surface area contributed by atoms with Crippen molar-refractivity contribution in [2.75, 3.05) is 13.7 Å². The average molecular weight is 162 g/mol. The van der Waals surface area contributed by atoms with Crippen molar-refractivity contribution in [3.63, 3.8) is 0 Å². The molecular weight excluding hydrogens is 152 g/mol. The molecule has 2 amide bonds. The van der Waals surface area contributed by atoms with Crippen LogP contribution >= 0.6 is 0 Å². The van der Waals surface area contributed by atoms with Crippen LogP contribution in [0, 0.1) is 0 Å². The van der Waals surface area contributed by atoms with Crippen LogP contribution in [0.4, 0.5) is 9.59 Å². The van der Waals surface area contributed by atoms with Crippen LogP contribution in [-0.2, 0) is 9.57 Å². The first-order valence-electron chi connectivity index (χ1n) is 2.95. The van der Waals surface area contributed by atoms with E-state index in [1.165, 1.54) is 7.05 Å². The molecule has 0 fully saturated rings. The lowest BCUT2D eigenvalue weighted by molar-refractivity contribution is -0.0722. The Labute approximate surface area is 63.8 Å². The Morgan fingerprint density at radius 3 is 2.45 bits per heavy atom. The van der Waals surface area contributed by atoms with Crippen LogP contribution in [0.1, 0.15) is 6.92 Å². The molecular formula is C5H10N2O4. The first-order valence-corrected chi connectivity index (χ1v) is 2.95. The van der Waals surface area contributed by atoms with Gasteiger partial charge in [-0.25, -0.2) is 9.59 Å². The van der Waals surface area contributed by atoms with Crippen molar-refractivity contribution in [1.82, 2.24) is 5.06 Å². The van der Waals surface area contributed by atoms with Crippen LogP contribution in [0.5, 0.6) is 0 Å². The van der Waals surface area contributed by atoms with E-state index >= 15 is 0 Å². The maximum atomic E-state index is 10.5. The molecule has 0 rings (SSSR count). The third kappa shape index (κ3) is 4.01. The average Bonchev–Trinajstić information content (AvgIpc) is 1.87. The molecule has 0 heterocycles. The highest BCUT2D eigenvalue weighted by Gasteiger charge is 2.10. The first-order chi connectivity index (χ1) is 5.07. The lowest BCUT2D eigenvalue weighted by Crippen LogP contribution is -2.34. The summed E-state index contributed by atoms with van der Waals surface area (Å²) in [7, 11) is 1.21. The second-order valence-corrected chi connectivity index (χ2v) is 1.61. The number of primary amides is 1. The number of nitrogens with zero attached hydrogens (tertiary/aromatic N) is 1. The molecule has 0 aromatic carbocycles. The van der Waals surface area contributed by atoms with E-state index in [0.717, 1.165) is 0 Å². The van der Waals surface area contributed by atoms with Crippen molar-refractivity contribution in [3.05, 3.63) is 0 Å². The van der Waals surface area contributed by atoms with Gasteiger partial charge in [-0.05, 0) is 6.92 Å². The SMILES string of the molecule is CCOC(=O)ON(C)C(N)=O. The number of carbonyl (C=O) groups is 2. The van der Waals surface area contributed by atoms with Gasteiger partial charge in [0.2, 0.25) is 0 Å². The molecule has 0 aliphatic heterocycles. The number of hydroxylamine groups is 2. The van der Waals surface area contributed by atoms with Crippen LogP contribution in [0.3, 0.4) is 0 Å². The number of nitrogens with two attached hydrogens (primary N) is 1. The number of hydrogen-bond acceptors (Lipinski definition) is 4. The van der Waals surface area contributed by atoms with E-state index < -0.39 is 12.2 Å². The van der Waals surface area contributed by atoms with Gasteiger partial charge in [-0.2, -0.15) is 5.06 Å². The van der Waals surface area contributed by atoms with Crippen LogP contribution in [0.2, 0.25) is 0 Å². The van der Waals surface area contributed by atoms with Crippen molar-refractivity contribution in [1.29, 1.82) is 0 Å². The Balaban J connectivity index is 3.66. The molecule has 11 heavy (non-hydrogen) atoms. The summed E-state index contributed by atoms with van der Waals surface area (Å²) < 4.78 is 4.35. The Morgan fingerprint density at radius 1 is 1.55 bits per heavy atom. The molecule has 6 heteroatoms. The molecule has 0 unspecified atom stereocenters. The lowest BCUT2D eigenvalue weighted by atomic mass is 10.9. The monoisotopic (exact) mass is 162 g/mol. The number of amides is 2. The Hall–Kier alpha value is -1.46. The molecule has 0 bridgehead atoms. The third-order valence-electron chi connectivity index (χ3n) is 0.784. The van der Waals surface area contributed by atoms with Gasteiger partial charge < -0.3 is 15.3 Å². The standard InChI is InChI=1S/C5H10N2O4/c1-3-10-5(9)11-7(2)4(6)8/h3H2,1-2H3,(H2,6,8). The zero-order valence-electron chi connectivity index (χ0n) is 6.36. The highest BCUT2D eigenvalue weighted by atomic mass is 16.8. The van der Waals surface area contributed by atoms with Gasteiger partial charge in [0.1, 0.15) is 0 Å². The van der Waals surface area contributed by atoms with E-state index in [0.29, 0.717) is 5.06 Å². The predicted octanol–water partition coefficient (Wildman–Crippen LogP) is 0.0850. The van der Waals surface area contributed by atoms with Gasteiger partial charge in [-0.3, -0.25) is 0 Å². The van der Waals surface area contributed by atoms with Crippen molar-refractivity contribution in [2.24, 2.45) is 5.73 Å². The molecule has 6 nitrogen and oxygen atoms in total. The zero-order chi connectivity index (χ0) is 8.85. The molecule has 0 radical (unpaired) electrons. The maximum Gasteiger partial charge on any atom is 0.533 e. The highest BCUT2D eigenvalue weighted by Crippen LogP contribution is 1.89. The summed E-state index contributed by atoms with van der Waals surface area (Å²) in [5.41, 5.74) is 4.73. The van der Waals surface area contributed by atoms with Crippen molar-refractivity contribution in [3.8, 4) is 0 Å². The number of rotatable bonds is 1. The molecule has 0 atom stereocenters. The third-order valence-corrected chi connectivity index (χ3v) is 0.784. The van der Waals surface area contributed by atoms with Gasteiger partial charge in [0.25, 0.3) is 0 Å². The second-order valence-electron chi connectivity index (χ2n) is 1.61. The van der Waals surface area contributed by atoms with Crippen LogP contribution in [0.15, 0.2) is 0 Å². The molecule has 0 spiro atoms. The van der Waals surface area contributed by atoms with E-state index in [-0.39, 0.29) is 6.61 Å². The van der Waals surface area contributed by atoms with Crippen LogP contribution < -0.4 is 5.73 Å². The first kappa shape index (κ1) is 9.54. The molecule has 0 saturated carbocycles. The van der Waals surface area contributed by atoms with Crippen LogP contribution in [0.25, 0.3) is 0 Å². The molecule has 0 aliphatic carbocycles. The largest absolute Gasteiger partial charge is 0.533 e. The van der Waals surface area contributed by atoms with E-state index in [9.17, 15) is 9.59 Å². The lowest BCUT2D eigenvalue weighted by Gasteiger charge is -2.11. The van der Waals surface area contributed by atoms with E-state index in [1.54, 1.807) is 6.92 Å². The Bertz CT molecular complexity index is 159. The zero-order valence-corrected chi connectivity index (χ0v) is 6.36. The minimum Gasteiger partial charge on any atom is -0.433 e. The smallest absolute Gasteiger partial charge is 0.433 e. The molecule has 0 aromatic heterocycles. The minimum absolute atomic E-state index is 0.186. The van der Waals surface area contributed by atoms with Gasteiger partial charge in [-0.1, -0.05) is 0 Å². The molecule has 0 aliphatic rings. The van der Waals surface area contributed by atoms with E-state index in [2.05, 4.69) is 9.57 Å². The fourth-order valence-electron chi connectivity index (χ4n) is 0.301. The van der Waals surface area contributed by atoms with Gasteiger partial charge >= 0.3 is 12.2 Å². The fourth-order valence-corrected chi connectivity index (χ4v) is 0.301. The fraction of sp³-hybridized carbons (Fsp3) is 0.600. The van der Waals surface area contributed by atoms with Gasteiger partial charge in [0.15, 0.2) is 0 Å². The highest BCUT2D eigenvalue weighted by molar-refractivity contribution is 5.72.